The Kier molecular flexibility index (Phi) is 16.8. The van der Waals surface area contributed by atoms with Crippen molar-refractivity contribution in [3.05, 3.63) is 0 Å². The largest absolute Gasteiger partial charge is 0.480 e. The minimum Gasteiger partial charge on any atom is -0.480 e. The van der Waals surface area contributed by atoms with Gasteiger partial charge in [-0.15, -0.1) is 0 Å². The number of aliphatic hydroxyl groups is 4. The molecule has 9 heteroatoms. The summed E-state index contributed by atoms with van der Waals surface area (Å²) in [5.41, 5.74) is 0. The molecule has 0 saturated heterocycles. The third-order valence-corrected chi connectivity index (χ3v) is 0.634. The minimum absolute atomic E-state index is 0.630. The van der Waals surface area contributed by atoms with Gasteiger partial charge in [0.1, 0.15) is 13.2 Å². The summed E-state index contributed by atoms with van der Waals surface area (Å²) in [4.78, 5) is 27.9. The summed E-state index contributed by atoms with van der Waals surface area (Å²) in [5, 5.41) is 45.7. The van der Waals surface area contributed by atoms with E-state index in [1.807, 2.05) is 0 Å². The molecule has 0 spiro atoms. The lowest BCUT2D eigenvalue weighted by Crippen LogP contribution is -2.14. The summed E-state index contributed by atoms with van der Waals surface area (Å²) in [6.07, 6.45) is -1.79. The Morgan fingerprint density at radius 1 is 0.938 bits per heavy atom. The van der Waals surface area contributed by atoms with Crippen molar-refractivity contribution in [2.45, 2.75) is 13.2 Å². The highest BCUT2D eigenvalue weighted by Gasteiger charge is 1.99. The van der Waals surface area contributed by atoms with Crippen molar-refractivity contribution >= 4 is 17.7 Å². The average Bonchev–Trinajstić information content (AvgIpc) is 2.19. The Morgan fingerprint density at radius 2 is 1.06 bits per heavy atom. The number of rotatable bonds is 3. The summed E-state index contributed by atoms with van der Waals surface area (Å²) in [6, 6.07) is 0. The van der Waals surface area contributed by atoms with Gasteiger partial charge in [-0.25, -0.2) is 9.59 Å². The Bertz CT molecular complexity index is 196. The van der Waals surface area contributed by atoms with Crippen LogP contribution in [-0.4, -0.2) is 67.9 Å². The van der Waals surface area contributed by atoms with Gasteiger partial charge in [0.25, 0.3) is 0 Å². The van der Waals surface area contributed by atoms with E-state index in [0.717, 1.165) is 6.92 Å². The fourth-order valence-electron chi connectivity index (χ4n) is 0. The maximum atomic E-state index is 9.64. The third kappa shape index (κ3) is 39.2. The van der Waals surface area contributed by atoms with Crippen LogP contribution in [-0.2, 0) is 14.4 Å². The van der Waals surface area contributed by atoms with Crippen LogP contribution < -0.4 is 0 Å². The first-order chi connectivity index (χ1) is 7.18. The predicted molar refractivity (Wildman–Crippen MR) is 48.3 cm³/mol. The number of carbonyl (C=O) groups is 3. The second-order valence-electron chi connectivity index (χ2n) is 2.09. The number of Topliss-reactive ketones (excluding diaryl/α,β-unsaturated/α-hetero) is 1. The maximum Gasteiger partial charge on any atom is 0.329 e. The molecule has 0 amide bonds. The first-order valence-corrected chi connectivity index (χ1v) is 3.70. The predicted octanol–water partition coefficient (Wildman–Crippen LogP) is -2.99. The van der Waals surface area contributed by atoms with Crippen molar-refractivity contribution in [2.24, 2.45) is 0 Å². The van der Waals surface area contributed by atoms with Gasteiger partial charge in [0.15, 0.2) is 5.78 Å². The highest BCUT2D eigenvalue weighted by atomic mass is 16.5. The number of hydrogen-bond donors (Lipinski definition) is 6. The summed E-state index contributed by atoms with van der Waals surface area (Å²) in [5.74, 6) is -3.01. The van der Waals surface area contributed by atoms with Gasteiger partial charge in [0, 0.05) is 0 Å². The van der Waals surface area contributed by atoms with Crippen molar-refractivity contribution in [2.75, 3.05) is 13.2 Å². The van der Waals surface area contributed by atoms with Gasteiger partial charge in [-0.3, -0.25) is 4.79 Å². The van der Waals surface area contributed by atoms with Crippen molar-refractivity contribution in [1.29, 1.82) is 0 Å². The lowest BCUT2D eigenvalue weighted by atomic mass is 10.4. The summed E-state index contributed by atoms with van der Waals surface area (Å²) in [6.45, 7) is -0.454. The zero-order chi connectivity index (χ0) is 13.7. The van der Waals surface area contributed by atoms with E-state index in [0.29, 0.717) is 0 Å². The van der Waals surface area contributed by atoms with E-state index in [1.165, 1.54) is 0 Å². The highest BCUT2D eigenvalue weighted by molar-refractivity contribution is 5.78. The molecule has 0 fully saturated rings. The van der Waals surface area contributed by atoms with Crippen LogP contribution in [0.15, 0.2) is 0 Å². The molecule has 0 saturated carbocycles. The molecule has 6 N–H and O–H groups in total. The monoisotopic (exact) mass is 242 g/mol. The van der Waals surface area contributed by atoms with Crippen LogP contribution in [0.2, 0.25) is 0 Å². The molecule has 0 aliphatic heterocycles. The molecule has 9 nitrogen and oxygen atoms in total. The second kappa shape index (κ2) is 13.4. The average molecular weight is 242 g/mol. The van der Waals surface area contributed by atoms with Gasteiger partial charge in [0.05, 0.1) is 0 Å². The smallest absolute Gasteiger partial charge is 0.329 e. The van der Waals surface area contributed by atoms with E-state index in [9.17, 15) is 4.79 Å². The SMILES string of the molecule is CC(=O)C(O)O.O=C(O)CO.O=C(O)CO. The molecular formula is C7H14O9. The standard InChI is InChI=1S/C3H6O3.2C2H4O3/c1-2(4)3(5)6;2*3-1-2(4)5/h3,5-6H,1H3;2*3H,1H2,(H,4,5). The zero-order valence-electron chi connectivity index (χ0n) is 8.40. The Labute approximate surface area is 90.2 Å². The molecule has 16 heavy (non-hydrogen) atoms. The molecule has 96 valence electrons. The molecular weight excluding hydrogens is 228 g/mol. The molecule has 0 aromatic rings. The molecule has 0 aromatic heterocycles. The number of carboxylic acids is 2. The van der Waals surface area contributed by atoms with Crippen molar-refractivity contribution < 1.29 is 45.0 Å². The Balaban J connectivity index is -0.000000160. The third-order valence-electron chi connectivity index (χ3n) is 0.634. The fraction of sp³-hybridized carbons (Fsp3) is 0.571. The molecule has 0 aromatic carbocycles. The molecule has 0 unspecified atom stereocenters. The number of carboxylic acid groups (broad SMARTS) is 2. The van der Waals surface area contributed by atoms with Gasteiger partial charge in [-0.05, 0) is 6.92 Å². The summed E-state index contributed by atoms with van der Waals surface area (Å²) in [7, 11) is 0. The normalized spacial score (nSPS) is 8.12. The van der Waals surface area contributed by atoms with Crippen LogP contribution in [0.1, 0.15) is 6.92 Å². The number of aliphatic hydroxyl groups excluding tert-OH is 3. The molecule has 0 radical (unpaired) electrons. The fourth-order valence-corrected chi connectivity index (χ4v) is 0. The topological polar surface area (TPSA) is 173 Å². The lowest BCUT2D eigenvalue weighted by Gasteiger charge is -1.90. The van der Waals surface area contributed by atoms with Crippen LogP contribution in [0.25, 0.3) is 0 Å². The van der Waals surface area contributed by atoms with Crippen molar-refractivity contribution in [1.82, 2.24) is 0 Å². The van der Waals surface area contributed by atoms with E-state index in [4.69, 9.17) is 40.2 Å². The highest BCUT2D eigenvalue weighted by Crippen LogP contribution is 1.72. The Hall–Kier alpha value is -1.55. The zero-order valence-corrected chi connectivity index (χ0v) is 8.40. The van der Waals surface area contributed by atoms with Crippen LogP contribution in [0.3, 0.4) is 0 Å². The number of hydrogen-bond acceptors (Lipinski definition) is 7. The second-order valence-corrected chi connectivity index (χ2v) is 2.09. The maximum absolute atomic E-state index is 9.64. The Morgan fingerprint density at radius 3 is 1.06 bits per heavy atom. The van der Waals surface area contributed by atoms with E-state index >= 15 is 0 Å². The molecule has 0 heterocycles. The minimum atomic E-state index is -1.79. The molecule has 0 aliphatic rings. The van der Waals surface area contributed by atoms with Crippen LogP contribution in [0.5, 0.6) is 0 Å². The molecule has 0 bridgehead atoms. The quantitative estimate of drug-likeness (QED) is 0.282. The number of aliphatic carboxylic acids is 2. The van der Waals surface area contributed by atoms with Crippen LogP contribution >= 0.6 is 0 Å². The first-order valence-electron chi connectivity index (χ1n) is 3.70. The van der Waals surface area contributed by atoms with E-state index in [1.54, 1.807) is 0 Å². The molecule has 0 aliphatic carbocycles. The van der Waals surface area contributed by atoms with Gasteiger partial charge >= 0.3 is 11.9 Å². The summed E-state index contributed by atoms with van der Waals surface area (Å²) < 4.78 is 0. The number of ketones is 1. The van der Waals surface area contributed by atoms with E-state index < -0.39 is 37.2 Å². The van der Waals surface area contributed by atoms with Crippen LogP contribution in [0, 0.1) is 0 Å². The molecule has 0 rings (SSSR count). The first kappa shape index (κ1) is 19.9. The van der Waals surface area contributed by atoms with Crippen molar-refractivity contribution in [3.63, 3.8) is 0 Å². The van der Waals surface area contributed by atoms with Crippen LogP contribution in [0.4, 0.5) is 0 Å². The lowest BCUT2D eigenvalue weighted by molar-refractivity contribution is -0.142. The van der Waals surface area contributed by atoms with E-state index in [-0.39, 0.29) is 0 Å². The molecule has 0 atom stereocenters. The van der Waals surface area contributed by atoms with Gasteiger partial charge < -0.3 is 30.6 Å². The van der Waals surface area contributed by atoms with Gasteiger partial charge in [-0.2, -0.15) is 0 Å². The summed E-state index contributed by atoms with van der Waals surface area (Å²) >= 11 is 0. The van der Waals surface area contributed by atoms with Crippen molar-refractivity contribution in [3.8, 4) is 0 Å². The van der Waals surface area contributed by atoms with Gasteiger partial charge in [0.2, 0.25) is 6.29 Å². The van der Waals surface area contributed by atoms with Gasteiger partial charge in [-0.1, -0.05) is 0 Å². The van der Waals surface area contributed by atoms with E-state index in [2.05, 4.69) is 0 Å². The number of carbonyl (C=O) groups excluding carboxylic acids is 1.